The maximum Gasteiger partial charge on any atom is 0.490 e. The number of hydrogen-bond acceptors (Lipinski definition) is 9. The summed E-state index contributed by atoms with van der Waals surface area (Å²) in [7, 11) is 4.27. The summed E-state index contributed by atoms with van der Waals surface area (Å²) in [5, 5.41) is 8.67. The van der Waals surface area contributed by atoms with Crippen LogP contribution in [-0.4, -0.2) is 80.3 Å². The van der Waals surface area contributed by atoms with Gasteiger partial charge in [0.1, 0.15) is 11.3 Å². The number of carboxylic acids is 1. The van der Waals surface area contributed by atoms with Crippen LogP contribution in [0.5, 0.6) is 0 Å². The second-order valence-electron chi connectivity index (χ2n) is 8.93. The number of carbonyl (C=O) groups is 1. The normalized spacial score (nSPS) is 17.2. The fourth-order valence-corrected chi connectivity index (χ4v) is 5.36. The van der Waals surface area contributed by atoms with Crippen LogP contribution < -0.4 is 4.90 Å². The molecule has 1 atom stereocenters. The van der Waals surface area contributed by atoms with E-state index in [0.29, 0.717) is 16.8 Å². The van der Waals surface area contributed by atoms with Gasteiger partial charge in [-0.05, 0) is 50.3 Å². The molecule has 0 radical (unpaired) electrons. The second kappa shape index (κ2) is 11.4. The van der Waals surface area contributed by atoms with Crippen molar-refractivity contribution in [2.45, 2.75) is 48.5 Å². The number of fused-ring (bicyclic) bond motifs is 2. The van der Waals surface area contributed by atoms with Crippen LogP contribution in [0.3, 0.4) is 0 Å². The molecule has 9 nitrogen and oxygen atoms in total. The van der Waals surface area contributed by atoms with Gasteiger partial charge >= 0.3 is 12.1 Å². The third-order valence-electron chi connectivity index (χ3n) is 6.23. The first-order valence-electron chi connectivity index (χ1n) is 11.7. The van der Waals surface area contributed by atoms with Crippen LogP contribution in [0.15, 0.2) is 40.3 Å². The number of hydrogen-bond donors (Lipinski definition) is 1. The Morgan fingerprint density at radius 3 is 2.58 bits per heavy atom. The Balaban J connectivity index is 0.000000426. The van der Waals surface area contributed by atoms with Gasteiger partial charge < -0.3 is 14.9 Å². The Morgan fingerprint density at radius 1 is 1.24 bits per heavy atom. The maximum atomic E-state index is 10.6. The number of nitrogens with zero attached hydrogens (tertiary/aromatic N) is 7. The largest absolute Gasteiger partial charge is 0.490 e. The fraction of sp³-hybridized carbons (Fsp3) is 0.417. The summed E-state index contributed by atoms with van der Waals surface area (Å²) >= 11 is 8.31. The van der Waals surface area contributed by atoms with E-state index in [9.17, 15) is 13.2 Å². The van der Waals surface area contributed by atoms with Crippen molar-refractivity contribution in [1.29, 1.82) is 0 Å². The molecule has 0 unspecified atom stereocenters. The second-order valence-corrected chi connectivity index (χ2v) is 10.3. The summed E-state index contributed by atoms with van der Waals surface area (Å²) in [5.41, 5.74) is 4.68. The average Bonchev–Trinajstić information content (AvgIpc) is 3.49. The van der Waals surface area contributed by atoms with Crippen LogP contribution in [0.4, 0.5) is 19.0 Å². The van der Waals surface area contributed by atoms with E-state index in [4.69, 9.17) is 31.5 Å². The first-order valence-corrected chi connectivity index (χ1v) is 12.9. The van der Waals surface area contributed by atoms with Gasteiger partial charge in [-0.15, -0.1) is 0 Å². The van der Waals surface area contributed by atoms with Gasteiger partial charge in [-0.1, -0.05) is 18.5 Å². The molecule has 38 heavy (non-hydrogen) atoms. The SMILES string of the molecule is CCC1=C(Cl)c2c(nc(Sc3cnc4nccnc4c3)nc2N2CC[C@H](N(C)C)C2)C1.O=C(O)C(F)(F)F. The number of rotatable bonds is 5. The van der Waals surface area contributed by atoms with E-state index >= 15 is 0 Å². The minimum atomic E-state index is -5.08. The van der Waals surface area contributed by atoms with Crippen LogP contribution in [-0.2, 0) is 11.2 Å². The molecule has 5 rings (SSSR count). The van der Waals surface area contributed by atoms with Crippen LogP contribution in [0.25, 0.3) is 16.2 Å². The Bertz CT molecular complexity index is 1390. The van der Waals surface area contributed by atoms with Gasteiger partial charge in [-0.25, -0.2) is 24.7 Å². The number of aliphatic carboxylic acids is 1. The molecule has 1 aliphatic heterocycles. The van der Waals surface area contributed by atoms with Crippen molar-refractivity contribution >= 4 is 51.3 Å². The quantitative estimate of drug-likeness (QED) is 0.437. The van der Waals surface area contributed by atoms with Crippen molar-refractivity contribution in [3.8, 4) is 0 Å². The zero-order valence-corrected chi connectivity index (χ0v) is 22.4. The molecule has 3 aromatic heterocycles. The number of alkyl halides is 3. The van der Waals surface area contributed by atoms with Gasteiger partial charge in [0.05, 0.1) is 16.3 Å². The lowest BCUT2D eigenvalue weighted by Gasteiger charge is -2.23. The van der Waals surface area contributed by atoms with Gasteiger partial charge in [0, 0.05) is 49.0 Å². The van der Waals surface area contributed by atoms with Crippen LogP contribution in [0.2, 0.25) is 0 Å². The molecule has 1 fully saturated rings. The Morgan fingerprint density at radius 2 is 1.95 bits per heavy atom. The van der Waals surface area contributed by atoms with Gasteiger partial charge in [-0.2, -0.15) is 13.2 Å². The number of aromatic nitrogens is 5. The molecule has 1 N–H and O–H groups in total. The molecule has 0 spiro atoms. The lowest BCUT2D eigenvalue weighted by atomic mass is 10.2. The van der Waals surface area contributed by atoms with E-state index in [1.165, 1.54) is 17.3 Å². The first-order chi connectivity index (χ1) is 18.0. The highest BCUT2D eigenvalue weighted by Gasteiger charge is 2.38. The average molecular weight is 568 g/mol. The van der Waals surface area contributed by atoms with E-state index in [2.05, 4.69) is 45.8 Å². The van der Waals surface area contributed by atoms with Gasteiger partial charge in [0.15, 0.2) is 10.8 Å². The fourth-order valence-electron chi connectivity index (χ4n) is 4.19. The molecule has 3 aromatic rings. The van der Waals surface area contributed by atoms with E-state index < -0.39 is 12.1 Å². The minimum Gasteiger partial charge on any atom is -0.475 e. The summed E-state index contributed by atoms with van der Waals surface area (Å²) < 4.78 is 31.7. The molecular weight excluding hydrogens is 543 g/mol. The van der Waals surface area contributed by atoms with Gasteiger partial charge in [0.2, 0.25) is 0 Å². The summed E-state index contributed by atoms with van der Waals surface area (Å²) in [6.07, 6.45) is 2.88. The molecule has 14 heteroatoms. The Kier molecular flexibility index (Phi) is 8.38. The molecule has 4 heterocycles. The van der Waals surface area contributed by atoms with E-state index in [1.807, 2.05) is 6.07 Å². The number of halogens is 4. The van der Waals surface area contributed by atoms with Crippen molar-refractivity contribution in [2.24, 2.45) is 0 Å². The lowest BCUT2D eigenvalue weighted by Crippen LogP contribution is -2.32. The highest BCUT2D eigenvalue weighted by atomic mass is 35.5. The van der Waals surface area contributed by atoms with Crippen molar-refractivity contribution in [1.82, 2.24) is 29.8 Å². The summed E-state index contributed by atoms with van der Waals surface area (Å²) in [4.78, 5) is 37.4. The molecule has 1 aliphatic carbocycles. The zero-order chi connectivity index (χ0) is 27.6. The van der Waals surface area contributed by atoms with E-state index in [1.54, 1.807) is 18.6 Å². The molecule has 202 valence electrons. The van der Waals surface area contributed by atoms with Gasteiger partial charge in [-0.3, -0.25) is 4.98 Å². The summed E-state index contributed by atoms with van der Waals surface area (Å²) in [6.45, 7) is 4.06. The van der Waals surface area contributed by atoms with Crippen molar-refractivity contribution in [3.05, 3.63) is 41.5 Å². The summed E-state index contributed by atoms with van der Waals surface area (Å²) in [6, 6.07) is 2.50. The highest BCUT2D eigenvalue weighted by molar-refractivity contribution is 7.99. The van der Waals surface area contributed by atoms with Crippen molar-refractivity contribution in [2.75, 3.05) is 32.1 Å². The highest BCUT2D eigenvalue weighted by Crippen LogP contribution is 2.43. The van der Waals surface area contributed by atoms with Crippen molar-refractivity contribution in [3.63, 3.8) is 0 Å². The Hall–Kier alpha value is -3.03. The minimum absolute atomic E-state index is 0.514. The topological polar surface area (TPSA) is 108 Å². The molecule has 1 saturated heterocycles. The lowest BCUT2D eigenvalue weighted by molar-refractivity contribution is -0.192. The molecule has 0 saturated carbocycles. The predicted octanol–water partition coefficient (Wildman–Crippen LogP) is 4.66. The number of allylic oxidation sites excluding steroid dienone is 1. The third kappa shape index (κ3) is 6.16. The Labute approximate surface area is 226 Å². The summed E-state index contributed by atoms with van der Waals surface area (Å²) in [5.74, 6) is -1.80. The van der Waals surface area contributed by atoms with Crippen molar-refractivity contribution < 1.29 is 23.1 Å². The monoisotopic (exact) mass is 567 g/mol. The number of carboxylic acid groups (broad SMARTS) is 1. The molecule has 0 aromatic carbocycles. The van der Waals surface area contributed by atoms with E-state index in [-0.39, 0.29) is 0 Å². The molecule has 2 aliphatic rings. The predicted molar refractivity (Wildman–Crippen MR) is 138 cm³/mol. The van der Waals surface area contributed by atoms with E-state index in [0.717, 1.165) is 64.9 Å². The molecule has 0 amide bonds. The molecular formula is C24H25ClF3N7O2S. The van der Waals surface area contributed by atoms with Crippen LogP contribution >= 0.6 is 23.4 Å². The smallest absolute Gasteiger partial charge is 0.475 e. The zero-order valence-electron chi connectivity index (χ0n) is 20.8. The standard InChI is InChI=1S/C22H24ClN7S.C2HF3O2/c1-4-13-9-16-18(19(13)23)21(30-8-5-14(12-30)29(2)3)28-22(27-16)31-15-10-17-20(26-11-15)25-7-6-24-17;3-2(4,5)1(6)7/h6-7,10-11,14H,4-5,8-9,12H2,1-3H3;(H,6,7)/t14-;/m0./s1. The molecule has 0 bridgehead atoms. The number of likely N-dealkylation sites (N-methyl/N-ethyl adjacent to an activating group) is 1. The first kappa shape index (κ1) is 28.0. The van der Waals surface area contributed by atoms with Gasteiger partial charge in [0.25, 0.3) is 0 Å². The van der Waals surface area contributed by atoms with Crippen LogP contribution in [0, 0.1) is 0 Å². The number of pyridine rings is 1. The van der Waals surface area contributed by atoms with Crippen LogP contribution in [0.1, 0.15) is 31.0 Å². The number of anilines is 1. The maximum absolute atomic E-state index is 10.6. The third-order valence-corrected chi connectivity index (χ3v) is 7.51.